The van der Waals surface area contributed by atoms with E-state index in [0.717, 1.165) is 22.3 Å². The van der Waals surface area contributed by atoms with Gasteiger partial charge < -0.3 is 5.32 Å². The van der Waals surface area contributed by atoms with Gasteiger partial charge in [0.2, 0.25) is 5.91 Å². The third kappa shape index (κ3) is 5.03. The summed E-state index contributed by atoms with van der Waals surface area (Å²) in [5.41, 5.74) is 5.90. The van der Waals surface area contributed by atoms with Crippen LogP contribution in [-0.2, 0) is 17.8 Å². The summed E-state index contributed by atoms with van der Waals surface area (Å²) in [6.07, 6.45) is 0.356. The topological polar surface area (TPSA) is 78.4 Å². The summed E-state index contributed by atoms with van der Waals surface area (Å²) in [6.45, 7) is 0.449. The fourth-order valence-corrected chi connectivity index (χ4v) is 2.78. The van der Waals surface area contributed by atoms with Crippen molar-refractivity contribution in [2.24, 2.45) is 0 Å². The second kappa shape index (κ2) is 8.78. The molecular formula is C22H20N2O3. The average molecular weight is 360 g/mol. The van der Waals surface area contributed by atoms with Crippen LogP contribution >= 0.6 is 0 Å². The monoisotopic (exact) mass is 360 g/mol. The molecule has 0 spiro atoms. The molecule has 0 aromatic heterocycles. The van der Waals surface area contributed by atoms with Gasteiger partial charge in [-0.05, 0) is 40.5 Å². The number of amides is 2. The third-order valence-corrected chi connectivity index (χ3v) is 4.21. The van der Waals surface area contributed by atoms with Gasteiger partial charge in [-0.3, -0.25) is 14.8 Å². The first-order valence-electron chi connectivity index (χ1n) is 8.60. The molecule has 0 unspecified atom stereocenters. The molecule has 2 amide bonds. The van der Waals surface area contributed by atoms with Crippen LogP contribution in [-0.4, -0.2) is 17.0 Å². The molecule has 0 atom stereocenters. The molecule has 136 valence electrons. The molecule has 5 nitrogen and oxygen atoms in total. The average Bonchev–Trinajstić information content (AvgIpc) is 2.73. The van der Waals surface area contributed by atoms with Crippen molar-refractivity contribution in [3.05, 3.63) is 95.6 Å². The number of hydrogen-bond donors (Lipinski definition) is 3. The molecule has 0 heterocycles. The minimum Gasteiger partial charge on any atom is -0.352 e. The van der Waals surface area contributed by atoms with Crippen LogP contribution in [0.1, 0.15) is 21.5 Å². The van der Waals surface area contributed by atoms with E-state index in [1.165, 1.54) is 0 Å². The number of nitrogens with one attached hydrogen (secondary N) is 2. The van der Waals surface area contributed by atoms with Crippen molar-refractivity contribution in [1.82, 2.24) is 10.8 Å². The lowest BCUT2D eigenvalue weighted by atomic mass is 10.0. The number of carbonyl (C=O) groups excluding carboxylic acids is 2. The van der Waals surface area contributed by atoms with Gasteiger partial charge in [-0.1, -0.05) is 60.7 Å². The fourth-order valence-electron chi connectivity index (χ4n) is 2.78. The smallest absolute Gasteiger partial charge is 0.274 e. The van der Waals surface area contributed by atoms with Gasteiger partial charge in [0, 0.05) is 12.1 Å². The summed E-state index contributed by atoms with van der Waals surface area (Å²) in [6, 6.07) is 24.4. The molecule has 0 radical (unpaired) electrons. The molecule has 0 saturated heterocycles. The van der Waals surface area contributed by atoms with E-state index in [1.807, 2.05) is 66.7 Å². The van der Waals surface area contributed by atoms with Crippen molar-refractivity contribution in [2.75, 3.05) is 0 Å². The summed E-state index contributed by atoms with van der Waals surface area (Å²) >= 11 is 0. The maximum Gasteiger partial charge on any atom is 0.274 e. The predicted molar refractivity (Wildman–Crippen MR) is 103 cm³/mol. The second-order valence-corrected chi connectivity index (χ2v) is 6.16. The fraction of sp³-hybridized carbons (Fsp3) is 0.0909. The zero-order valence-electron chi connectivity index (χ0n) is 14.7. The molecule has 0 aliphatic carbocycles. The van der Waals surface area contributed by atoms with E-state index >= 15 is 0 Å². The molecule has 0 bridgehead atoms. The first-order chi connectivity index (χ1) is 13.2. The summed E-state index contributed by atoms with van der Waals surface area (Å²) in [7, 11) is 0. The van der Waals surface area contributed by atoms with Crippen LogP contribution < -0.4 is 10.8 Å². The number of hydroxylamine groups is 1. The first-order valence-corrected chi connectivity index (χ1v) is 8.60. The Labute approximate surface area is 157 Å². The van der Waals surface area contributed by atoms with Crippen LogP contribution in [0.15, 0.2) is 78.9 Å². The van der Waals surface area contributed by atoms with Gasteiger partial charge >= 0.3 is 0 Å². The number of hydrogen-bond acceptors (Lipinski definition) is 3. The van der Waals surface area contributed by atoms with E-state index in [4.69, 9.17) is 5.21 Å². The molecule has 3 aromatic rings. The molecule has 0 aliphatic rings. The molecular weight excluding hydrogens is 340 g/mol. The standard InChI is InChI=1S/C22H20N2O3/c25-21(14-16-5-2-1-3-6-16)23-15-17-7-4-8-20(13-17)18-9-11-19(12-10-18)22(26)24-27/h1-13,27H,14-15H2,(H,23,25)(H,24,26). The van der Waals surface area contributed by atoms with Gasteiger partial charge in [0.05, 0.1) is 6.42 Å². The highest BCUT2D eigenvalue weighted by Gasteiger charge is 2.06. The summed E-state index contributed by atoms with van der Waals surface area (Å²) in [4.78, 5) is 23.5. The Balaban J connectivity index is 1.63. The van der Waals surface area contributed by atoms with Crippen molar-refractivity contribution in [3.8, 4) is 11.1 Å². The Morgan fingerprint density at radius 3 is 2.19 bits per heavy atom. The molecule has 3 N–H and O–H groups in total. The largest absolute Gasteiger partial charge is 0.352 e. The molecule has 3 aromatic carbocycles. The van der Waals surface area contributed by atoms with Crippen molar-refractivity contribution < 1.29 is 14.8 Å². The summed E-state index contributed by atoms with van der Waals surface area (Å²) < 4.78 is 0. The Morgan fingerprint density at radius 1 is 0.778 bits per heavy atom. The quantitative estimate of drug-likeness (QED) is 0.466. The lowest BCUT2D eigenvalue weighted by Gasteiger charge is -2.08. The predicted octanol–water partition coefficient (Wildman–Crippen LogP) is 3.33. The number of carbonyl (C=O) groups is 2. The lowest BCUT2D eigenvalue weighted by Crippen LogP contribution is -2.24. The molecule has 27 heavy (non-hydrogen) atoms. The van der Waals surface area contributed by atoms with E-state index < -0.39 is 5.91 Å². The van der Waals surface area contributed by atoms with Gasteiger partial charge in [-0.25, -0.2) is 5.48 Å². The van der Waals surface area contributed by atoms with Crippen molar-refractivity contribution in [3.63, 3.8) is 0 Å². The number of rotatable bonds is 6. The second-order valence-electron chi connectivity index (χ2n) is 6.16. The highest BCUT2D eigenvalue weighted by Crippen LogP contribution is 2.21. The van der Waals surface area contributed by atoms with E-state index in [2.05, 4.69) is 5.32 Å². The Morgan fingerprint density at radius 2 is 1.48 bits per heavy atom. The van der Waals surface area contributed by atoms with Crippen LogP contribution in [0.3, 0.4) is 0 Å². The highest BCUT2D eigenvalue weighted by atomic mass is 16.5. The Kier molecular flexibility index (Phi) is 5.97. The Bertz CT molecular complexity index is 922. The Hall–Kier alpha value is -3.44. The SMILES string of the molecule is O=C(Cc1ccccc1)NCc1cccc(-c2ccc(C(=O)NO)cc2)c1. The van der Waals surface area contributed by atoms with E-state index in [9.17, 15) is 9.59 Å². The van der Waals surface area contributed by atoms with Gasteiger partial charge in [-0.2, -0.15) is 0 Å². The van der Waals surface area contributed by atoms with Crippen molar-refractivity contribution in [2.45, 2.75) is 13.0 Å². The third-order valence-electron chi connectivity index (χ3n) is 4.21. The van der Waals surface area contributed by atoms with Crippen LogP contribution in [0.2, 0.25) is 0 Å². The van der Waals surface area contributed by atoms with Gasteiger partial charge in [0.15, 0.2) is 0 Å². The van der Waals surface area contributed by atoms with Gasteiger partial charge in [0.1, 0.15) is 0 Å². The normalized spacial score (nSPS) is 10.3. The highest BCUT2D eigenvalue weighted by molar-refractivity contribution is 5.93. The van der Waals surface area contributed by atoms with Crippen LogP contribution in [0, 0.1) is 0 Å². The molecule has 0 fully saturated rings. The van der Waals surface area contributed by atoms with Crippen LogP contribution in [0.5, 0.6) is 0 Å². The maximum absolute atomic E-state index is 12.1. The summed E-state index contributed by atoms with van der Waals surface area (Å²) in [5.74, 6) is -0.567. The zero-order valence-corrected chi connectivity index (χ0v) is 14.7. The molecule has 0 saturated carbocycles. The molecule has 5 heteroatoms. The van der Waals surface area contributed by atoms with Crippen LogP contribution in [0.4, 0.5) is 0 Å². The lowest BCUT2D eigenvalue weighted by molar-refractivity contribution is -0.120. The van der Waals surface area contributed by atoms with Gasteiger partial charge in [-0.15, -0.1) is 0 Å². The van der Waals surface area contributed by atoms with Gasteiger partial charge in [0.25, 0.3) is 5.91 Å². The zero-order chi connectivity index (χ0) is 19.1. The maximum atomic E-state index is 12.1. The van der Waals surface area contributed by atoms with Crippen LogP contribution in [0.25, 0.3) is 11.1 Å². The van der Waals surface area contributed by atoms with Crippen molar-refractivity contribution >= 4 is 11.8 Å². The number of benzene rings is 3. The minimum atomic E-state index is -0.545. The van der Waals surface area contributed by atoms with E-state index in [-0.39, 0.29) is 5.91 Å². The first kappa shape index (κ1) is 18.4. The molecule has 0 aliphatic heterocycles. The van der Waals surface area contributed by atoms with E-state index in [1.54, 1.807) is 17.6 Å². The molecule has 3 rings (SSSR count). The van der Waals surface area contributed by atoms with E-state index in [0.29, 0.717) is 18.5 Å². The summed E-state index contributed by atoms with van der Waals surface area (Å²) in [5, 5.41) is 11.6. The van der Waals surface area contributed by atoms with Crippen molar-refractivity contribution in [1.29, 1.82) is 0 Å². The minimum absolute atomic E-state index is 0.0222.